The van der Waals surface area contributed by atoms with E-state index in [0.717, 1.165) is 5.52 Å². The van der Waals surface area contributed by atoms with E-state index in [1.165, 1.54) is 58.2 Å². The first-order valence-corrected chi connectivity index (χ1v) is 11.3. The summed E-state index contributed by atoms with van der Waals surface area (Å²) in [6.07, 6.45) is 1.90. The normalized spacial score (nSPS) is 11.9. The number of nitrogens with zero attached hydrogens (tertiary/aromatic N) is 1. The van der Waals surface area contributed by atoms with E-state index in [1.54, 1.807) is 0 Å². The van der Waals surface area contributed by atoms with Crippen molar-refractivity contribution in [1.82, 2.24) is 4.98 Å². The lowest BCUT2D eigenvalue weighted by atomic mass is 9.95. The van der Waals surface area contributed by atoms with Gasteiger partial charge in [0.1, 0.15) is 0 Å². The molecule has 0 aliphatic heterocycles. The lowest BCUT2D eigenvalue weighted by Gasteiger charge is -2.10. The number of hydrogen-bond acceptors (Lipinski definition) is 2. The van der Waals surface area contributed by atoms with Crippen molar-refractivity contribution in [3.05, 3.63) is 103 Å². The monoisotopic (exact) mass is 411 g/mol. The molecule has 0 unspecified atom stereocenters. The summed E-state index contributed by atoms with van der Waals surface area (Å²) in [6, 6.07) is 34.9. The van der Waals surface area contributed by atoms with Crippen LogP contribution in [-0.4, -0.2) is 4.98 Å². The highest BCUT2D eigenvalue weighted by atomic mass is 32.1. The minimum absolute atomic E-state index is 1.08. The van der Waals surface area contributed by atoms with Crippen LogP contribution in [0, 0.1) is 0 Å². The molecule has 144 valence electrons. The Morgan fingerprint density at radius 3 is 2.10 bits per heavy atom. The largest absolute Gasteiger partial charge is 0.256 e. The van der Waals surface area contributed by atoms with Crippen LogP contribution in [0.5, 0.6) is 0 Å². The molecule has 7 aromatic rings. The number of rotatable bonds is 1. The van der Waals surface area contributed by atoms with Crippen molar-refractivity contribution in [2.75, 3.05) is 0 Å². The molecule has 7 rings (SSSR count). The smallest absolute Gasteiger partial charge is 0.0787 e. The van der Waals surface area contributed by atoms with Gasteiger partial charge in [-0.15, -0.1) is 11.3 Å². The Morgan fingerprint density at radius 2 is 1.19 bits per heavy atom. The van der Waals surface area contributed by atoms with Gasteiger partial charge in [-0.1, -0.05) is 91.0 Å². The highest BCUT2D eigenvalue weighted by molar-refractivity contribution is 7.27. The number of fused-ring (bicyclic) bond motifs is 10. The molecule has 0 aliphatic rings. The highest BCUT2D eigenvalue weighted by Crippen LogP contribution is 2.45. The van der Waals surface area contributed by atoms with Gasteiger partial charge in [0.2, 0.25) is 0 Å². The fourth-order valence-corrected chi connectivity index (χ4v) is 6.34. The molecule has 0 saturated heterocycles. The Labute approximate surface area is 183 Å². The molecule has 2 aromatic heterocycles. The average molecular weight is 412 g/mol. The van der Waals surface area contributed by atoms with Gasteiger partial charge in [-0.3, -0.25) is 4.98 Å². The molecule has 0 amide bonds. The summed E-state index contributed by atoms with van der Waals surface area (Å²) in [7, 11) is 0. The van der Waals surface area contributed by atoms with Crippen molar-refractivity contribution in [3.63, 3.8) is 0 Å². The van der Waals surface area contributed by atoms with Gasteiger partial charge < -0.3 is 0 Å². The molecule has 0 spiro atoms. The van der Waals surface area contributed by atoms with Crippen LogP contribution >= 0.6 is 11.3 Å². The van der Waals surface area contributed by atoms with Gasteiger partial charge in [0.15, 0.2) is 0 Å². The lowest BCUT2D eigenvalue weighted by Crippen LogP contribution is -1.85. The summed E-state index contributed by atoms with van der Waals surface area (Å²) < 4.78 is 2.70. The van der Waals surface area contributed by atoms with Gasteiger partial charge >= 0.3 is 0 Å². The zero-order chi connectivity index (χ0) is 20.4. The zero-order valence-electron chi connectivity index (χ0n) is 16.7. The van der Waals surface area contributed by atoms with Crippen LogP contribution in [0.1, 0.15) is 0 Å². The highest BCUT2D eigenvalue weighted by Gasteiger charge is 2.16. The maximum Gasteiger partial charge on any atom is 0.0787 e. The number of thiophene rings is 1. The summed E-state index contributed by atoms with van der Waals surface area (Å²) in [4.78, 5) is 4.79. The summed E-state index contributed by atoms with van der Waals surface area (Å²) >= 11 is 1.91. The van der Waals surface area contributed by atoms with E-state index in [0.29, 0.717) is 0 Å². The Balaban J connectivity index is 1.73. The second-order valence-electron chi connectivity index (χ2n) is 7.96. The molecule has 2 heteroatoms. The van der Waals surface area contributed by atoms with Crippen LogP contribution in [0.4, 0.5) is 0 Å². The number of benzene rings is 5. The van der Waals surface area contributed by atoms with E-state index in [2.05, 4.69) is 91.0 Å². The van der Waals surface area contributed by atoms with E-state index in [-0.39, 0.29) is 0 Å². The van der Waals surface area contributed by atoms with Crippen LogP contribution < -0.4 is 0 Å². The molecule has 0 N–H and O–H groups in total. The molecule has 2 heterocycles. The van der Waals surface area contributed by atoms with Gasteiger partial charge in [0, 0.05) is 42.5 Å². The van der Waals surface area contributed by atoms with Crippen molar-refractivity contribution in [2.24, 2.45) is 0 Å². The molecular weight excluding hydrogens is 394 g/mol. The first-order valence-electron chi connectivity index (χ1n) is 10.5. The van der Waals surface area contributed by atoms with Crippen LogP contribution in [0.15, 0.2) is 103 Å². The van der Waals surface area contributed by atoms with Crippen LogP contribution in [0.25, 0.3) is 63.7 Å². The van der Waals surface area contributed by atoms with Gasteiger partial charge in [0.05, 0.1) is 5.52 Å². The Hall–Kier alpha value is -3.75. The second-order valence-corrected chi connectivity index (χ2v) is 8.98. The Kier molecular flexibility index (Phi) is 3.49. The summed E-state index contributed by atoms with van der Waals surface area (Å²) in [5.41, 5.74) is 3.65. The first-order chi connectivity index (χ1) is 15.4. The quantitative estimate of drug-likeness (QED) is 0.247. The SMILES string of the molecule is c1ccc(-c2cccc3c2sc2c3ccc3c4ncccc4c4ccccc4c32)cc1. The predicted molar refractivity (Wildman–Crippen MR) is 135 cm³/mol. The van der Waals surface area contributed by atoms with Crippen molar-refractivity contribution < 1.29 is 0 Å². The topological polar surface area (TPSA) is 12.9 Å². The van der Waals surface area contributed by atoms with Gasteiger partial charge in [0.25, 0.3) is 0 Å². The van der Waals surface area contributed by atoms with Gasteiger partial charge in [-0.05, 0) is 28.0 Å². The van der Waals surface area contributed by atoms with E-state index >= 15 is 0 Å². The maximum atomic E-state index is 4.79. The van der Waals surface area contributed by atoms with E-state index in [1.807, 2.05) is 23.6 Å². The third-order valence-electron chi connectivity index (χ3n) is 6.30. The lowest BCUT2D eigenvalue weighted by molar-refractivity contribution is 1.43. The van der Waals surface area contributed by atoms with E-state index < -0.39 is 0 Å². The first kappa shape index (κ1) is 17.0. The van der Waals surface area contributed by atoms with E-state index in [4.69, 9.17) is 4.98 Å². The molecule has 0 atom stereocenters. The standard InChI is InChI=1S/C29H17NS/c1-2-8-18(9-3-1)19-12-6-13-23-24-15-16-25-26(29(24)31-28(19)23)21-11-5-4-10-20(21)22-14-7-17-30-27(22)25/h1-17H. The molecule has 31 heavy (non-hydrogen) atoms. The number of hydrogen-bond donors (Lipinski definition) is 0. The summed E-state index contributed by atoms with van der Waals surface area (Å²) in [5, 5.41) is 8.99. The fraction of sp³-hybridized carbons (Fsp3) is 0. The number of aromatic nitrogens is 1. The van der Waals surface area contributed by atoms with Crippen molar-refractivity contribution in [1.29, 1.82) is 0 Å². The molecule has 0 aliphatic carbocycles. The molecule has 1 nitrogen and oxygen atoms in total. The molecule has 0 radical (unpaired) electrons. The molecule has 0 saturated carbocycles. The molecular formula is C29H17NS. The number of pyridine rings is 1. The summed E-state index contributed by atoms with van der Waals surface area (Å²) in [5.74, 6) is 0. The third kappa shape index (κ3) is 2.34. The molecule has 5 aromatic carbocycles. The van der Waals surface area contributed by atoms with E-state index in [9.17, 15) is 0 Å². The minimum atomic E-state index is 1.08. The van der Waals surface area contributed by atoms with Gasteiger partial charge in [-0.25, -0.2) is 0 Å². The fourth-order valence-electron chi connectivity index (χ4n) is 4.94. The van der Waals surface area contributed by atoms with Crippen LogP contribution in [0.2, 0.25) is 0 Å². The molecule has 0 fully saturated rings. The predicted octanol–water partition coefficient (Wildman–Crippen LogP) is 8.58. The average Bonchev–Trinajstić information content (AvgIpc) is 3.23. The summed E-state index contributed by atoms with van der Waals surface area (Å²) in [6.45, 7) is 0. The Morgan fingerprint density at radius 1 is 0.484 bits per heavy atom. The Bertz CT molecular complexity index is 1740. The van der Waals surface area contributed by atoms with Crippen molar-refractivity contribution in [3.8, 4) is 11.1 Å². The molecule has 0 bridgehead atoms. The minimum Gasteiger partial charge on any atom is -0.256 e. The van der Waals surface area contributed by atoms with Crippen molar-refractivity contribution >= 4 is 64.0 Å². The van der Waals surface area contributed by atoms with Crippen LogP contribution in [-0.2, 0) is 0 Å². The zero-order valence-corrected chi connectivity index (χ0v) is 17.5. The third-order valence-corrected chi connectivity index (χ3v) is 7.57. The maximum absolute atomic E-state index is 4.79. The van der Waals surface area contributed by atoms with Crippen LogP contribution in [0.3, 0.4) is 0 Å². The second kappa shape index (κ2) is 6.37. The van der Waals surface area contributed by atoms with Crippen molar-refractivity contribution in [2.45, 2.75) is 0 Å². The van der Waals surface area contributed by atoms with Gasteiger partial charge in [-0.2, -0.15) is 0 Å².